The van der Waals surface area contributed by atoms with Crippen molar-refractivity contribution in [1.29, 1.82) is 0 Å². The zero-order valence-electron chi connectivity index (χ0n) is 13.1. The first kappa shape index (κ1) is 15.8. The summed E-state index contributed by atoms with van der Waals surface area (Å²) in [7, 11) is 0. The number of nitrogens with one attached hydrogen (secondary N) is 2. The van der Waals surface area contributed by atoms with E-state index in [1.54, 1.807) is 0 Å². The Morgan fingerprint density at radius 3 is 2.76 bits per heavy atom. The lowest BCUT2D eigenvalue weighted by molar-refractivity contribution is -0.115. The van der Waals surface area contributed by atoms with E-state index in [1.807, 2.05) is 19.9 Å². The number of benzene rings is 1. The SMILES string of the molecule is CCOc1cc(CC2CCNCC2)ccc1NC(=O)CC. The third kappa shape index (κ3) is 4.74. The number of hydrogen-bond donors (Lipinski definition) is 2. The monoisotopic (exact) mass is 290 g/mol. The first-order valence-corrected chi connectivity index (χ1v) is 7.99. The molecular formula is C17H26N2O2. The number of carbonyl (C=O) groups is 1. The van der Waals surface area contributed by atoms with Crippen molar-refractivity contribution in [2.75, 3.05) is 25.0 Å². The first-order valence-electron chi connectivity index (χ1n) is 7.99. The minimum atomic E-state index is 0.0158. The van der Waals surface area contributed by atoms with Crippen LogP contribution in [-0.4, -0.2) is 25.6 Å². The second-order valence-corrected chi connectivity index (χ2v) is 5.56. The molecule has 1 aliphatic rings. The van der Waals surface area contributed by atoms with Crippen LogP contribution in [0.2, 0.25) is 0 Å². The lowest BCUT2D eigenvalue weighted by Gasteiger charge is -2.23. The molecule has 1 amide bonds. The van der Waals surface area contributed by atoms with Crippen molar-refractivity contribution in [3.63, 3.8) is 0 Å². The summed E-state index contributed by atoms with van der Waals surface area (Å²) < 4.78 is 5.69. The number of rotatable bonds is 6. The molecule has 0 radical (unpaired) electrons. The molecule has 1 saturated heterocycles. The van der Waals surface area contributed by atoms with Crippen molar-refractivity contribution in [1.82, 2.24) is 5.32 Å². The Morgan fingerprint density at radius 2 is 2.10 bits per heavy atom. The van der Waals surface area contributed by atoms with Gasteiger partial charge in [-0.2, -0.15) is 0 Å². The van der Waals surface area contributed by atoms with Crippen LogP contribution in [0.4, 0.5) is 5.69 Å². The standard InChI is InChI=1S/C17H26N2O2/c1-3-17(20)19-15-6-5-14(12-16(15)21-4-2)11-13-7-9-18-10-8-13/h5-6,12-13,18H,3-4,7-11H2,1-2H3,(H,19,20). The molecular weight excluding hydrogens is 264 g/mol. The van der Waals surface area contributed by atoms with Crippen molar-refractivity contribution >= 4 is 11.6 Å². The lowest BCUT2D eigenvalue weighted by Crippen LogP contribution is -2.28. The van der Waals surface area contributed by atoms with E-state index in [2.05, 4.69) is 22.8 Å². The van der Waals surface area contributed by atoms with Crippen LogP contribution in [0.15, 0.2) is 18.2 Å². The van der Waals surface area contributed by atoms with Gasteiger partial charge >= 0.3 is 0 Å². The zero-order chi connectivity index (χ0) is 15.1. The van der Waals surface area contributed by atoms with Crippen LogP contribution in [0.5, 0.6) is 5.75 Å². The maximum Gasteiger partial charge on any atom is 0.224 e. The Hall–Kier alpha value is -1.55. The molecule has 2 N–H and O–H groups in total. The van der Waals surface area contributed by atoms with Crippen molar-refractivity contribution < 1.29 is 9.53 Å². The highest BCUT2D eigenvalue weighted by molar-refractivity contribution is 5.92. The van der Waals surface area contributed by atoms with Crippen LogP contribution in [0.3, 0.4) is 0 Å². The van der Waals surface area contributed by atoms with Gasteiger partial charge in [0.15, 0.2) is 0 Å². The first-order chi connectivity index (χ1) is 10.2. The van der Waals surface area contributed by atoms with Crippen LogP contribution in [0.1, 0.15) is 38.7 Å². The number of piperidine rings is 1. The molecule has 4 nitrogen and oxygen atoms in total. The average Bonchev–Trinajstić information content (AvgIpc) is 2.51. The highest BCUT2D eigenvalue weighted by Gasteiger charge is 2.15. The molecule has 1 heterocycles. The van der Waals surface area contributed by atoms with Gasteiger partial charge in [0, 0.05) is 6.42 Å². The fourth-order valence-electron chi connectivity index (χ4n) is 2.73. The Bertz CT molecular complexity index is 468. The molecule has 1 aromatic rings. The number of amides is 1. The number of ether oxygens (including phenoxy) is 1. The summed E-state index contributed by atoms with van der Waals surface area (Å²) in [6, 6.07) is 6.15. The second-order valence-electron chi connectivity index (χ2n) is 5.56. The minimum absolute atomic E-state index is 0.0158. The van der Waals surface area contributed by atoms with E-state index < -0.39 is 0 Å². The maximum absolute atomic E-state index is 11.6. The largest absolute Gasteiger partial charge is 0.492 e. The molecule has 1 aliphatic heterocycles. The summed E-state index contributed by atoms with van der Waals surface area (Å²) in [6.07, 6.45) is 4.03. The molecule has 21 heavy (non-hydrogen) atoms. The topological polar surface area (TPSA) is 50.4 Å². The lowest BCUT2D eigenvalue weighted by atomic mass is 9.91. The molecule has 0 spiro atoms. The molecule has 0 unspecified atom stereocenters. The second kappa shape index (κ2) is 8.03. The Balaban J connectivity index is 2.08. The van der Waals surface area contributed by atoms with Gasteiger partial charge in [-0.05, 0) is 62.9 Å². The number of hydrogen-bond acceptors (Lipinski definition) is 3. The summed E-state index contributed by atoms with van der Waals surface area (Å²) in [5.74, 6) is 1.55. The van der Waals surface area contributed by atoms with Crippen LogP contribution < -0.4 is 15.4 Å². The van der Waals surface area contributed by atoms with E-state index in [9.17, 15) is 4.79 Å². The summed E-state index contributed by atoms with van der Waals surface area (Å²) >= 11 is 0. The van der Waals surface area contributed by atoms with Gasteiger partial charge in [0.25, 0.3) is 0 Å². The predicted octanol–water partition coefficient (Wildman–Crippen LogP) is 2.98. The van der Waals surface area contributed by atoms with Crippen LogP contribution in [0.25, 0.3) is 0 Å². The summed E-state index contributed by atoms with van der Waals surface area (Å²) in [5.41, 5.74) is 2.07. The van der Waals surface area contributed by atoms with Gasteiger partial charge in [0.2, 0.25) is 5.91 Å². The molecule has 0 bridgehead atoms. The van der Waals surface area contributed by atoms with Gasteiger partial charge in [-0.3, -0.25) is 4.79 Å². The van der Waals surface area contributed by atoms with Gasteiger partial charge in [-0.25, -0.2) is 0 Å². The molecule has 0 aliphatic carbocycles. The normalized spacial score (nSPS) is 15.7. The Labute approximate surface area is 127 Å². The fraction of sp³-hybridized carbons (Fsp3) is 0.588. The van der Waals surface area contributed by atoms with E-state index in [0.717, 1.165) is 36.9 Å². The van der Waals surface area contributed by atoms with E-state index in [4.69, 9.17) is 4.74 Å². The Morgan fingerprint density at radius 1 is 1.33 bits per heavy atom. The van der Waals surface area contributed by atoms with Crippen molar-refractivity contribution in [2.24, 2.45) is 5.92 Å². The van der Waals surface area contributed by atoms with Crippen molar-refractivity contribution in [2.45, 2.75) is 39.5 Å². The molecule has 0 aromatic heterocycles. The molecule has 4 heteroatoms. The van der Waals surface area contributed by atoms with Gasteiger partial charge in [0.05, 0.1) is 12.3 Å². The summed E-state index contributed by atoms with van der Waals surface area (Å²) in [4.78, 5) is 11.6. The third-order valence-corrected chi connectivity index (χ3v) is 3.92. The van der Waals surface area contributed by atoms with Gasteiger partial charge in [0.1, 0.15) is 5.75 Å². The highest BCUT2D eigenvalue weighted by atomic mass is 16.5. The zero-order valence-corrected chi connectivity index (χ0v) is 13.1. The number of anilines is 1. The molecule has 0 atom stereocenters. The van der Waals surface area contributed by atoms with Gasteiger partial charge in [-0.1, -0.05) is 13.0 Å². The van der Waals surface area contributed by atoms with Crippen molar-refractivity contribution in [3.05, 3.63) is 23.8 Å². The smallest absolute Gasteiger partial charge is 0.224 e. The quantitative estimate of drug-likeness (QED) is 0.847. The predicted molar refractivity (Wildman–Crippen MR) is 85.8 cm³/mol. The van der Waals surface area contributed by atoms with Gasteiger partial charge < -0.3 is 15.4 Å². The van der Waals surface area contributed by atoms with Crippen LogP contribution in [-0.2, 0) is 11.2 Å². The maximum atomic E-state index is 11.6. The van der Waals surface area contributed by atoms with E-state index >= 15 is 0 Å². The number of carbonyl (C=O) groups excluding carboxylic acids is 1. The van der Waals surface area contributed by atoms with E-state index in [-0.39, 0.29) is 5.91 Å². The molecule has 0 saturated carbocycles. The van der Waals surface area contributed by atoms with Crippen LogP contribution in [0, 0.1) is 5.92 Å². The third-order valence-electron chi connectivity index (χ3n) is 3.92. The summed E-state index contributed by atoms with van der Waals surface area (Å²) in [6.45, 7) is 6.65. The summed E-state index contributed by atoms with van der Waals surface area (Å²) in [5, 5.41) is 6.30. The minimum Gasteiger partial charge on any atom is -0.492 e. The Kier molecular flexibility index (Phi) is 6.05. The molecule has 1 aromatic carbocycles. The van der Waals surface area contributed by atoms with E-state index in [0.29, 0.717) is 13.0 Å². The molecule has 1 fully saturated rings. The molecule has 2 rings (SSSR count). The van der Waals surface area contributed by atoms with Gasteiger partial charge in [-0.15, -0.1) is 0 Å². The highest BCUT2D eigenvalue weighted by Crippen LogP contribution is 2.28. The van der Waals surface area contributed by atoms with Crippen molar-refractivity contribution in [3.8, 4) is 5.75 Å². The molecule has 116 valence electrons. The average molecular weight is 290 g/mol. The van der Waals surface area contributed by atoms with Crippen LogP contribution >= 0.6 is 0 Å². The fourth-order valence-corrected chi connectivity index (χ4v) is 2.73. The van der Waals surface area contributed by atoms with E-state index in [1.165, 1.54) is 18.4 Å².